The SMILES string of the molecule is C=C(C)C(=O)NCC(C)(C)CC(C)(C)CC(=O)NCCC(C)(C)OCC. The fraction of sp³-hybridized carbons (Fsp3) is 0.810. The van der Waals surface area contributed by atoms with E-state index in [1.54, 1.807) is 6.92 Å². The fourth-order valence-electron chi connectivity index (χ4n) is 3.35. The summed E-state index contributed by atoms with van der Waals surface area (Å²) >= 11 is 0. The summed E-state index contributed by atoms with van der Waals surface area (Å²) in [7, 11) is 0. The van der Waals surface area contributed by atoms with Crippen LogP contribution in [-0.4, -0.2) is 37.1 Å². The van der Waals surface area contributed by atoms with E-state index < -0.39 is 0 Å². The minimum absolute atomic E-state index is 0.0593. The molecule has 0 unspecified atom stereocenters. The van der Waals surface area contributed by atoms with Gasteiger partial charge in [0.1, 0.15) is 0 Å². The maximum absolute atomic E-state index is 12.3. The lowest BCUT2D eigenvalue weighted by molar-refractivity contribution is -0.124. The first kappa shape index (κ1) is 24.6. The molecule has 0 aliphatic rings. The predicted molar refractivity (Wildman–Crippen MR) is 108 cm³/mol. The van der Waals surface area contributed by atoms with E-state index in [2.05, 4.69) is 44.9 Å². The van der Waals surface area contributed by atoms with Crippen LogP contribution in [0.15, 0.2) is 12.2 Å². The van der Waals surface area contributed by atoms with E-state index in [1.807, 2.05) is 20.8 Å². The van der Waals surface area contributed by atoms with Crippen molar-refractivity contribution in [2.45, 2.75) is 80.3 Å². The number of rotatable bonds is 12. The molecule has 0 rings (SSSR count). The lowest BCUT2D eigenvalue weighted by Gasteiger charge is -2.35. The van der Waals surface area contributed by atoms with Crippen LogP contribution in [0.5, 0.6) is 0 Å². The molecule has 0 aromatic heterocycles. The zero-order chi connectivity index (χ0) is 20.6. The second kappa shape index (κ2) is 10.1. The molecule has 5 heteroatoms. The Labute approximate surface area is 160 Å². The van der Waals surface area contributed by atoms with Crippen molar-refractivity contribution in [3.63, 3.8) is 0 Å². The second-order valence-electron chi connectivity index (χ2n) is 9.44. The smallest absolute Gasteiger partial charge is 0.246 e. The highest BCUT2D eigenvalue weighted by atomic mass is 16.5. The molecule has 0 spiro atoms. The molecule has 0 atom stereocenters. The van der Waals surface area contributed by atoms with Crippen LogP contribution >= 0.6 is 0 Å². The predicted octanol–water partition coefficient (Wildman–Crippen LogP) is 3.83. The molecule has 0 saturated heterocycles. The van der Waals surface area contributed by atoms with Crippen LogP contribution in [0.3, 0.4) is 0 Å². The minimum Gasteiger partial charge on any atom is -0.376 e. The number of ether oxygens (including phenoxy) is 1. The Balaban J connectivity index is 4.42. The molecule has 2 amide bonds. The summed E-state index contributed by atoms with van der Waals surface area (Å²) in [6, 6.07) is 0. The summed E-state index contributed by atoms with van der Waals surface area (Å²) in [5, 5.41) is 5.91. The number of nitrogens with one attached hydrogen (secondary N) is 2. The Morgan fingerprint density at radius 2 is 1.58 bits per heavy atom. The average Bonchev–Trinajstić information content (AvgIpc) is 2.42. The third kappa shape index (κ3) is 11.3. The lowest BCUT2D eigenvalue weighted by atomic mass is 9.73. The molecule has 0 heterocycles. The van der Waals surface area contributed by atoms with Gasteiger partial charge in [-0.05, 0) is 51.4 Å². The Morgan fingerprint density at radius 3 is 2.08 bits per heavy atom. The highest BCUT2D eigenvalue weighted by Crippen LogP contribution is 2.35. The molecule has 0 aliphatic carbocycles. The van der Waals surface area contributed by atoms with Crippen molar-refractivity contribution >= 4 is 11.8 Å². The highest BCUT2D eigenvalue weighted by molar-refractivity contribution is 5.92. The zero-order valence-electron chi connectivity index (χ0n) is 18.2. The van der Waals surface area contributed by atoms with Crippen molar-refractivity contribution in [3.05, 3.63) is 12.2 Å². The minimum atomic E-state index is -0.221. The summed E-state index contributed by atoms with van der Waals surface area (Å²) in [6.07, 6.45) is 2.07. The van der Waals surface area contributed by atoms with E-state index in [4.69, 9.17) is 4.74 Å². The van der Waals surface area contributed by atoms with Crippen molar-refractivity contribution in [2.75, 3.05) is 19.7 Å². The summed E-state index contributed by atoms with van der Waals surface area (Å²) in [5.74, 6) is -0.0605. The van der Waals surface area contributed by atoms with Gasteiger partial charge in [0.05, 0.1) is 5.60 Å². The number of carbonyl (C=O) groups is 2. The molecular formula is C21H40N2O3. The molecular weight excluding hydrogens is 328 g/mol. The van der Waals surface area contributed by atoms with Crippen LogP contribution in [0.2, 0.25) is 0 Å². The van der Waals surface area contributed by atoms with Crippen molar-refractivity contribution < 1.29 is 14.3 Å². The third-order valence-corrected chi connectivity index (χ3v) is 4.30. The first-order valence-corrected chi connectivity index (χ1v) is 9.54. The number of carbonyl (C=O) groups excluding carboxylic acids is 2. The van der Waals surface area contributed by atoms with Gasteiger partial charge in [0.15, 0.2) is 0 Å². The Kier molecular flexibility index (Phi) is 9.57. The summed E-state index contributed by atoms with van der Waals surface area (Å²) in [6.45, 7) is 21.6. The van der Waals surface area contributed by atoms with Gasteiger partial charge in [-0.3, -0.25) is 9.59 Å². The van der Waals surface area contributed by atoms with Crippen LogP contribution in [0, 0.1) is 10.8 Å². The van der Waals surface area contributed by atoms with E-state index in [1.165, 1.54) is 0 Å². The van der Waals surface area contributed by atoms with E-state index >= 15 is 0 Å². The number of amides is 2. The molecule has 0 bridgehead atoms. The van der Waals surface area contributed by atoms with Gasteiger partial charge in [-0.15, -0.1) is 0 Å². The van der Waals surface area contributed by atoms with Crippen molar-refractivity contribution in [2.24, 2.45) is 10.8 Å². The Hall–Kier alpha value is -1.36. The molecule has 152 valence electrons. The number of hydrogen-bond acceptors (Lipinski definition) is 3. The summed E-state index contributed by atoms with van der Waals surface area (Å²) in [4.78, 5) is 24.0. The quantitative estimate of drug-likeness (QED) is 0.514. The standard InChI is InChI=1S/C21H40N2O3/c1-10-26-21(8,9)11-12-22-17(24)13-19(4,5)14-20(6,7)15-23-18(25)16(2)3/h2,10-15H2,1,3-9H3,(H,22,24)(H,23,25). The van der Waals surface area contributed by atoms with Crippen LogP contribution in [0.4, 0.5) is 0 Å². The maximum atomic E-state index is 12.3. The van der Waals surface area contributed by atoms with E-state index in [-0.39, 0.29) is 28.2 Å². The summed E-state index contributed by atoms with van der Waals surface area (Å²) < 4.78 is 5.65. The second-order valence-corrected chi connectivity index (χ2v) is 9.44. The zero-order valence-corrected chi connectivity index (χ0v) is 18.2. The molecule has 0 aliphatic heterocycles. The van der Waals surface area contributed by atoms with Crippen molar-refractivity contribution in [1.29, 1.82) is 0 Å². The third-order valence-electron chi connectivity index (χ3n) is 4.30. The largest absolute Gasteiger partial charge is 0.376 e. The first-order chi connectivity index (χ1) is 11.7. The van der Waals surface area contributed by atoms with Crippen LogP contribution in [0.25, 0.3) is 0 Å². The molecule has 0 saturated carbocycles. The normalized spacial score (nSPS) is 12.6. The maximum Gasteiger partial charge on any atom is 0.246 e. The van der Waals surface area contributed by atoms with Gasteiger partial charge < -0.3 is 15.4 Å². The van der Waals surface area contributed by atoms with Gasteiger partial charge in [-0.1, -0.05) is 34.3 Å². The van der Waals surface area contributed by atoms with E-state index in [9.17, 15) is 9.59 Å². The molecule has 5 nitrogen and oxygen atoms in total. The topological polar surface area (TPSA) is 67.4 Å². The molecule has 0 radical (unpaired) electrons. The molecule has 0 aromatic rings. The first-order valence-electron chi connectivity index (χ1n) is 9.54. The molecule has 0 fully saturated rings. The van der Waals surface area contributed by atoms with Crippen molar-refractivity contribution in [1.82, 2.24) is 10.6 Å². The number of hydrogen-bond donors (Lipinski definition) is 2. The van der Waals surface area contributed by atoms with Crippen molar-refractivity contribution in [3.8, 4) is 0 Å². The van der Waals surface area contributed by atoms with E-state index in [0.29, 0.717) is 31.7 Å². The van der Waals surface area contributed by atoms with Gasteiger partial charge >= 0.3 is 0 Å². The Morgan fingerprint density at radius 1 is 1.00 bits per heavy atom. The highest BCUT2D eigenvalue weighted by Gasteiger charge is 2.31. The van der Waals surface area contributed by atoms with Crippen LogP contribution in [-0.2, 0) is 14.3 Å². The average molecular weight is 369 g/mol. The van der Waals surface area contributed by atoms with E-state index in [0.717, 1.165) is 12.8 Å². The summed E-state index contributed by atoms with van der Waals surface area (Å²) in [5.41, 5.74) is 0.0264. The van der Waals surface area contributed by atoms with Gasteiger partial charge in [0.2, 0.25) is 11.8 Å². The van der Waals surface area contributed by atoms with Gasteiger partial charge in [-0.2, -0.15) is 0 Å². The molecule has 2 N–H and O–H groups in total. The molecule has 26 heavy (non-hydrogen) atoms. The van der Waals surface area contributed by atoms with Gasteiger partial charge in [0.25, 0.3) is 0 Å². The monoisotopic (exact) mass is 368 g/mol. The van der Waals surface area contributed by atoms with Crippen LogP contribution in [0.1, 0.15) is 74.7 Å². The molecule has 0 aromatic carbocycles. The fourth-order valence-corrected chi connectivity index (χ4v) is 3.35. The van der Waals surface area contributed by atoms with Crippen LogP contribution < -0.4 is 10.6 Å². The van der Waals surface area contributed by atoms with Gasteiger partial charge in [0, 0.05) is 31.7 Å². The Bertz CT molecular complexity index is 493. The lowest BCUT2D eigenvalue weighted by Crippen LogP contribution is -2.39. The van der Waals surface area contributed by atoms with Gasteiger partial charge in [-0.25, -0.2) is 0 Å².